The molecule has 0 saturated carbocycles. The van der Waals surface area contributed by atoms with E-state index in [4.69, 9.17) is 4.42 Å². The number of nitrogens with zero attached hydrogens (tertiary/aromatic N) is 2. The molecule has 0 aromatic carbocycles. The molecule has 0 saturated heterocycles. The van der Waals surface area contributed by atoms with Crippen molar-refractivity contribution in [2.75, 3.05) is 13.1 Å². The molecule has 20 heavy (non-hydrogen) atoms. The Bertz CT molecular complexity index is 672. The van der Waals surface area contributed by atoms with E-state index >= 15 is 0 Å². The first-order chi connectivity index (χ1) is 9.60. The molecule has 0 aliphatic carbocycles. The number of furan rings is 1. The standard InChI is InChI=1S/C14H19N3O3/c1-4-6-7-17(5-2)14(19)10-9(3)20-13-11(10)12(18)15-8-16-13/h8H,4-7H2,1-3H3,(H,15,16,18). The fourth-order valence-corrected chi connectivity index (χ4v) is 2.22. The van der Waals surface area contributed by atoms with E-state index in [2.05, 4.69) is 16.9 Å². The molecule has 2 aromatic heterocycles. The van der Waals surface area contributed by atoms with Gasteiger partial charge in [-0.3, -0.25) is 9.59 Å². The highest BCUT2D eigenvalue weighted by atomic mass is 16.3. The van der Waals surface area contributed by atoms with Gasteiger partial charge < -0.3 is 14.3 Å². The van der Waals surface area contributed by atoms with Crippen molar-refractivity contribution >= 4 is 17.0 Å². The Hall–Kier alpha value is -2.11. The smallest absolute Gasteiger partial charge is 0.262 e. The van der Waals surface area contributed by atoms with Gasteiger partial charge in [0.25, 0.3) is 11.5 Å². The summed E-state index contributed by atoms with van der Waals surface area (Å²) in [6, 6.07) is 0. The van der Waals surface area contributed by atoms with Gasteiger partial charge in [-0.2, -0.15) is 0 Å². The van der Waals surface area contributed by atoms with Crippen molar-refractivity contribution in [3.05, 3.63) is 28.0 Å². The van der Waals surface area contributed by atoms with Crippen LogP contribution in [-0.2, 0) is 0 Å². The van der Waals surface area contributed by atoms with E-state index in [1.54, 1.807) is 11.8 Å². The van der Waals surface area contributed by atoms with Crippen LogP contribution in [0.1, 0.15) is 42.8 Å². The second-order valence-electron chi connectivity index (χ2n) is 4.68. The number of aromatic nitrogens is 2. The van der Waals surface area contributed by atoms with Crippen LogP contribution in [0.2, 0.25) is 0 Å². The highest BCUT2D eigenvalue weighted by Gasteiger charge is 2.24. The van der Waals surface area contributed by atoms with Crippen molar-refractivity contribution in [1.82, 2.24) is 14.9 Å². The highest BCUT2D eigenvalue weighted by molar-refractivity contribution is 6.06. The largest absolute Gasteiger partial charge is 0.442 e. The van der Waals surface area contributed by atoms with Gasteiger partial charge in [-0.25, -0.2) is 4.98 Å². The number of H-pyrrole nitrogens is 1. The van der Waals surface area contributed by atoms with Gasteiger partial charge in [0.1, 0.15) is 11.1 Å². The maximum absolute atomic E-state index is 12.6. The Balaban J connectivity index is 2.48. The molecule has 1 amide bonds. The molecule has 2 aromatic rings. The maximum Gasteiger partial charge on any atom is 0.262 e. The zero-order valence-electron chi connectivity index (χ0n) is 12.0. The molecule has 0 spiro atoms. The molecule has 0 aliphatic rings. The number of amides is 1. The number of carbonyl (C=O) groups excluding carboxylic acids is 1. The number of carbonyl (C=O) groups is 1. The average molecular weight is 277 g/mol. The molecule has 0 aliphatic heterocycles. The molecule has 1 N–H and O–H groups in total. The highest BCUT2D eigenvalue weighted by Crippen LogP contribution is 2.22. The predicted octanol–water partition coefficient (Wildman–Crippen LogP) is 2.09. The number of aromatic amines is 1. The van der Waals surface area contributed by atoms with Crippen LogP contribution in [0.5, 0.6) is 0 Å². The van der Waals surface area contributed by atoms with Gasteiger partial charge in [-0.05, 0) is 20.3 Å². The summed E-state index contributed by atoms with van der Waals surface area (Å²) in [4.78, 5) is 32.7. The van der Waals surface area contributed by atoms with Crippen LogP contribution in [0.3, 0.4) is 0 Å². The Morgan fingerprint density at radius 3 is 2.85 bits per heavy atom. The Morgan fingerprint density at radius 2 is 2.20 bits per heavy atom. The molecule has 6 nitrogen and oxygen atoms in total. The van der Waals surface area contributed by atoms with Crippen molar-refractivity contribution in [2.24, 2.45) is 0 Å². The van der Waals surface area contributed by atoms with Crippen molar-refractivity contribution in [2.45, 2.75) is 33.6 Å². The summed E-state index contributed by atoms with van der Waals surface area (Å²) in [6.45, 7) is 6.96. The molecule has 6 heteroatoms. The number of hydrogen-bond donors (Lipinski definition) is 1. The fraction of sp³-hybridized carbons (Fsp3) is 0.500. The first-order valence-corrected chi connectivity index (χ1v) is 6.86. The molecule has 0 radical (unpaired) electrons. The molecule has 0 unspecified atom stereocenters. The lowest BCUT2D eigenvalue weighted by atomic mass is 10.1. The minimum absolute atomic E-state index is 0.171. The summed E-state index contributed by atoms with van der Waals surface area (Å²) < 4.78 is 5.42. The molecule has 2 heterocycles. The van der Waals surface area contributed by atoms with Crippen LogP contribution in [0.4, 0.5) is 0 Å². The minimum atomic E-state index is -0.346. The lowest BCUT2D eigenvalue weighted by molar-refractivity contribution is 0.0762. The maximum atomic E-state index is 12.6. The first-order valence-electron chi connectivity index (χ1n) is 6.86. The Kier molecular flexibility index (Phi) is 4.22. The van der Waals surface area contributed by atoms with E-state index < -0.39 is 0 Å². The number of unbranched alkanes of at least 4 members (excludes halogenated alkanes) is 1. The third-order valence-corrected chi connectivity index (χ3v) is 3.33. The van der Waals surface area contributed by atoms with E-state index in [0.717, 1.165) is 12.8 Å². The predicted molar refractivity (Wildman–Crippen MR) is 75.9 cm³/mol. The molecular formula is C14H19N3O3. The van der Waals surface area contributed by atoms with Crippen LogP contribution in [0, 0.1) is 6.92 Å². The monoisotopic (exact) mass is 277 g/mol. The van der Waals surface area contributed by atoms with E-state index in [0.29, 0.717) is 24.4 Å². The van der Waals surface area contributed by atoms with Crippen LogP contribution in [-0.4, -0.2) is 33.9 Å². The van der Waals surface area contributed by atoms with Gasteiger partial charge in [0, 0.05) is 13.1 Å². The molecule has 108 valence electrons. The molecule has 0 atom stereocenters. The van der Waals surface area contributed by atoms with Crippen LogP contribution in [0.25, 0.3) is 11.1 Å². The molecule has 2 rings (SSSR count). The summed E-state index contributed by atoms with van der Waals surface area (Å²) in [6.07, 6.45) is 3.22. The lowest BCUT2D eigenvalue weighted by Gasteiger charge is -2.20. The van der Waals surface area contributed by atoms with Crippen molar-refractivity contribution < 1.29 is 9.21 Å². The van der Waals surface area contributed by atoms with Crippen molar-refractivity contribution in [3.8, 4) is 0 Å². The summed E-state index contributed by atoms with van der Waals surface area (Å²) in [5.41, 5.74) is 0.190. The van der Waals surface area contributed by atoms with Gasteiger partial charge in [-0.1, -0.05) is 13.3 Å². The fourth-order valence-electron chi connectivity index (χ4n) is 2.22. The lowest BCUT2D eigenvalue weighted by Crippen LogP contribution is -2.32. The zero-order chi connectivity index (χ0) is 14.7. The van der Waals surface area contributed by atoms with Gasteiger partial charge >= 0.3 is 0 Å². The summed E-state index contributed by atoms with van der Waals surface area (Å²) in [5, 5.41) is 0.241. The molecule has 0 bridgehead atoms. The second-order valence-corrected chi connectivity index (χ2v) is 4.68. The quantitative estimate of drug-likeness (QED) is 0.907. The molecular weight excluding hydrogens is 258 g/mol. The van der Waals surface area contributed by atoms with Crippen LogP contribution in [0.15, 0.2) is 15.5 Å². The second kappa shape index (κ2) is 5.90. The number of rotatable bonds is 5. The van der Waals surface area contributed by atoms with E-state index in [1.165, 1.54) is 6.33 Å². The van der Waals surface area contributed by atoms with E-state index in [1.807, 2.05) is 6.92 Å². The van der Waals surface area contributed by atoms with Crippen LogP contribution >= 0.6 is 0 Å². The number of fused-ring (bicyclic) bond motifs is 1. The number of hydrogen-bond acceptors (Lipinski definition) is 4. The normalized spacial score (nSPS) is 10.9. The Morgan fingerprint density at radius 1 is 1.45 bits per heavy atom. The van der Waals surface area contributed by atoms with E-state index in [-0.39, 0.29) is 22.6 Å². The third kappa shape index (κ3) is 2.45. The van der Waals surface area contributed by atoms with Gasteiger partial charge in [0.2, 0.25) is 5.71 Å². The number of nitrogens with one attached hydrogen (secondary N) is 1. The summed E-state index contributed by atoms with van der Waals surface area (Å²) in [5.74, 6) is 0.264. The van der Waals surface area contributed by atoms with Crippen molar-refractivity contribution in [1.29, 1.82) is 0 Å². The van der Waals surface area contributed by atoms with Crippen molar-refractivity contribution in [3.63, 3.8) is 0 Å². The van der Waals surface area contributed by atoms with Gasteiger partial charge in [0.05, 0.1) is 11.9 Å². The van der Waals surface area contributed by atoms with E-state index in [9.17, 15) is 9.59 Å². The summed E-state index contributed by atoms with van der Waals surface area (Å²) in [7, 11) is 0. The zero-order valence-corrected chi connectivity index (χ0v) is 12.0. The average Bonchev–Trinajstić information content (AvgIpc) is 2.77. The first kappa shape index (κ1) is 14.3. The number of aryl methyl sites for hydroxylation is 1. The topological polar surface area (TPSA) is 79.2 Å². The third-order valence-electron chi connectivity index (χ3n) is 3.33. The van der Waals surface area contributed by atoms with Crippen LogP contribution < -0.4 is 5.56 Å². The SMILES string of the molecule is CCCCN(CC)C(=O)c1c(C)oc2nc[nH]c(=O)c12. The Labute approximate surface area is 116 Å². The van der Waals surface area contributed by atoms with Gasteiger partial charge in [0.15, 0.2) is 0 Å². The summed E-state index contributed by atoms with van der Waals surface area (Å²) >= 11 is 0. The molecule has 0 fully saturated rings. The van der Waals surface area contributed by atoms with Gasteiger partial charge in [-0.15, -0.1) is 0 Å². The minimum Gasteiger partial charge on any atom is -0.442 e.